The lowest BCUT2D eigenvalue weighted by Gasteiger charge is -2.40. The van der Waals surface area contributed by atoms with Crippen LogP contribution >= 0.6 is 0 Å². The van der Waals surface area contributed by atoms with Gasteiger partial charge in [0, 0.05) is 19.0 Å². The quantitative estimate of drug-likeness (QED) is 0.545. The first-order chi connectivity index (χ1) is 14.8. The van der Waals surface area contributed by atoms with Crippen molar-refractivity contribution in [1.29, 1.82) is 0 Å². The van der Waals surface area contributed by atoms with Crippen LogP contribution in [0.15, 0.2) is 91.0 Å². The number of nitrogens with zero attached hydrogens (tertiary/aromatic N) is 1. The smallest absolute Gasteiger partial charge is 0.145 e. The molecule has 3 aromatic carbocycles. The molecule has 0 amide bonds. The SMILES string of the molecule is O=C1CCCCC2N(C(c3ccccc3)c3ccccc3)CCC12c1ccccc1. The molecule has 0 N–H and O–H groups in total. The van der Waals surface area contributed by atoms with Crippen molar-refractivity contribution in [2.75, 3.05) is 6.54 Å². The molecule has 2 atom stereocenters. The largest absolute Gasteiger partial charge is 0.299 e. The number of hydrogen-bond acceptors (Lipinski definition) is 2. The normalized spacial score (nSPS) is 24.6. The molecule has 1 aliphatic heterocycles. The molecular formula is C28H29NO. The van der Waals surface area contributed by atoms with E-state index in [2.05, 4.69) is 95.9 Å². The third-order valence-electron chi connectivity index (χ3n) is 7.21. The summed E-state index contributed by atoms with van der Waals surface area (Å²) in [6.07, 6.45) is 4.84. The molecule has 3 aromatic rings. The van der Waals surface area contributed by atoms with E-state index in [0.29, 0.717) is 12.2 Å². The molecule has 2 nitrogen and oxygen atoms in total. The third kappa shape index (κ3) is 3.20. The number of Topliss-reactive ketones (excluding diaryl/α,β-unsaturated/α-hetero) is 1. The third-order valence-corrected chi connectivity index (χ3v) is 7.21. The highest BCUT2D eigenvalue weighted by atomic mass is 16.1. The Kier molecular flexibility index (Phi) is 5.26. The monoisotopic (exact) mass is 395 g/mol. The van der Waals surface area contributed by atoms with Crippen LogP contribution in [0.2, 0.25) is 0 Å². The van der Waals surface area contributed by atoms with Crippen LogP contribution in [0.1, 0.15) is 54.8 Å². The predicted molar refractivity (Wildman–Crippen MR) is 121 cm³/mol. The highest BCUT2D eigenvalue weighted by Crippen LogP contribution is 2.49. The molecule has 2 unspecified atom stereocenters. The molecular weight excluding hydrogens is 366 g/mol. The van der Waals surface area contributed by atoms with Crippen LogP contribution < -0.4 is 0 Å². The lowest BCUT2D eigenvalue weighted by Crippen LogP contribution is -2.48. The van der Waals surface area contributed by atoms with Crippen molar-refractivity contribution in [3.8, 4) is 0 Å². The summed E-state index contributed by atoms with van der Waals surface area (Å²) in [5, 5.41) is 0. The number of carbonyl (C=O) groups is 1. The summed E-state index contributed by atoms with van der Waals surface area (Å²) in [5.41, 5.74) is 3.46. The van der Waals surface area contributed by atoms with E-state index < -0.39 is 0 Å². The Bertz CT molecular complexity index is 945. The predicted octanol–water partition coefficient (Wildman–Crippen LogP) is 5.93. The van der Waals surface area contributed by atoms with Crippen molar-refractivity contribution in [3.63, 3.8) is 0 Å². The molecule has 2 fully saturated rings. The van der Waals surface area contributed by atoms with Crippen molar-refractivity contribution in [1.82, 2.24) is 4.90 Å². The van der Waals surface area contributed by atoms with Gasteiger partial charge in [-0.2, -0.15) is 0 Å². The second-order valence-corrected chi connectivity index (χ2v) is 8.73. The van der Waals surface area contributed by atoms with Gasteiger partial charge in [0.25, 0.3) is 0 Å². The molecule has 1 aliphatic carbocycles. The Morgan fingerprint density at radius 2 is 1.33 bits per heavy atom. The molecule has 0 bridgehead atoms. The van der Waals surface area contributed by atoms with Crippen LogP contribution in [0.25, 0.3) is 0 Å². The summed E-state index contributed by atoms with van der Waals surface area (Å²) in [6.45, 7) is 0.944. The zero-order valence-corrected chi connectivity index (χ0v) is 17.4. The number of rotatable bonds is 4. The molecule has 152 valence electrons. The maximum Gasteiger partial charge on any atom is 0.145 e. The van der Waals surface area contributed by atoms with Crippen molar-refractivity contribution >= 4 is 5.78 Å². The summed E-state index contributed by atoms with van der Waals surface area (Å²) < 4.78 is 0. The van der Waals surface area contributed by atoms with E-state index in [-0.39, 0.29) is 17.5 Å². The zero-order chi connectivity index (χ0) is 20.4. The van der Waals surface area contributed by atoms with Gasteiger partial charge in [0.15, 0.2) is 0 Å². The molecule has 1 saturated carbocycles. The maximum atomic E-state index is 13.6. The second kappa shape index (κ2) is 8.20. The maximum absolute atomic E-state index is 13.6. The van der Waals surface area contributed by atoms with Crippen molar-refractivity contribution in [2.45, 2.75) is 49.6 Å². The summed E-state index contributed by atoms with van der Waals surface area (Å²) in [7, 11) is 0. The number of hydrogen-bond donors (Lipinski definition) is 0. The van der Waals surface area contributed by atoms with Crippen molar-refractivity contribution in [3.05, 3.63) is 108 Å². The highest BCUT2D eigenvalue weighted by molar-refractivity contribution is 5.92. The van der Waals surface area contributed by atoms with Crippen molar-refractivity contribution in [2.24, 2.45) is 0 Å². The topological polar surface area (TPSA) is 20.3 Å². The molecule has 5 rings (SSSR count). The van der Waals surface area contributed by atoms with Gasteiger partial charge < -0.3 is 0 Å². The summed E-state index contributed by atoms with van der Waals surface area (Å²) in [4.78, 5) is 16.3. The van der Waals surface area contributed by atoms with Gasteiger partial charge in [0.2, 0.25) is 0 Å². The molecule has 1 saturated heterocycles. The fourth-order valence-corrected chi connectivity index (χ4v) is 5.88. The lowest BCUT2D eigenvalue weighted by molar-refractivity contribution is -0.125. The molecule has 0 spiro atoms. The van der Waals surface area contributed by atoms with Gasteiger partial charge in [-0.3, -0.25) is 9.69 Å². The van der Waals surface area contributed by atoms with Crippen LogP contribution in [-0.2, 0) is 10.2 Å². The number of carbonyl (C=O) groups excluding carboxylic acids is 1. The molecule has 2 aliphatic rings. The van der Waals surface area contributed by atoms with Gasteiger partial charge in [-0.05, 0) is 36.0 Å². The zero-order valence-electron chi connectivity index (χ0n) is 17.4. The van der Waals surface area contributed by atoms with Crippen LogP contribution in [0.4, 0.5) is 0 Å². The van der Waals surface area contributed by atoms with Gasteiger partial charge in [0.1, 0.15) is 5.78 Å². The summed E-state index contributed by atoms with van der Waals surface area (Å²) >= 11 is 0. The first-order valence-corrected chi connectivity index (χ1v) is 11.3. The van der Waals surface area contributed by atoms with Crippen LogP contribution in [0.5, 0.6) is 0 Å². The van der Waals surface area contributed by atoms with E-state index in [1.54, 1.807) is 0 Å². The fourth-order valence-electron chi connectivity index (χ4n) is 5.88. The van der Waals surface area contributed by atoms with Crippen LogP contribution in [0, 0.1) is 0 Å². The van der Waals surface area contributed by atoms with Gasteiger partial charge in [-0.15, -0.1) is 0 Å². The molecule has 0 radical (unpaired) electrons. The number of likely N-dealkylation sites (tertiary alicyclic amines) is 1. The minimum absolute atomic E-state index is 0.175. The Morgan fingerprint density at radius 1 is 0.767 bits per heavy atom. The summed E-state index contributed by atoms with van der Waals surface area (Å²) in [6, 6.07) is 32.6. The van der Waals surface area contributed by atoms with Crippen molar-refractivity contribution < 1.29 is 4.79 Å². The number of fused-ring (bicyclic) bond motifs is 1. The van der Waals surface area contributed by atoms with Gasteiger partial charge in [0.05, 0.1) is 11.5 Å². The average molecular weight is 396 g/mol. The minimum atomic E-state index is -0.375. The number of ketones is 1. The van der Waals surface area contributed by atoms with Crippen LogP contribution in [-0.4, -0.2) is 23.3 Å². The van der Waals surface area contributed by atoms with E-state index in [9.17, 15) is 4.79 Å². The average Bonchev–Trinajstić information content (AvgIpc) is 3.10. The first-order valence-electron chi connectivity index (χ1n) is 11.3. The van der Waals surface area contributed by atoms with E-state index in [1.807, 2.05) is 0 Å². The van der Waals surface area contributed by atoms with Gasteiger partial charge in [-0.25, -0.2) is 0 Å². The van der Waals surface area contributed by atoms with Crippen LogP contribution in [0.3, 0.4) is 0 Å². The van der Waals surface area contributed by atoms with Gasteiger partial charge >= 0.3 is 0 Å². The Hall–Kier alpha value is -2.71. The highest BCUT2D eigenvalue weighted by Gasteiger charge is 2.55. The Balaban J connectivity index is 1.64. The van der Waals surface area contributed by atoms with E-state index >= 15 is 0 Å². The standard InChI is InChI=1S/C28H29NO/c30-26-19-11-10-18-25-28(26,24-16-8-3-9-17-24)20-21-29(25)27(22-12-4-1-5-13-22)23-14-6-2-7-15-23/h1-9,12-17,25,27H,10-11,18-21H2. The fraction of sp³-hybridized carbons (Fsp3) is 0.321. The Morgan fingerprint density at radius 3 is 1.93 bits per heavy atom. The first kappa shape index (κ1) is 19.3. The second-order valence-electron chi connectivity index (χ2n) is 8.73. The molecule has 30 heavy (non-hydrogen) atoms. The van der Waals surface area contributed by atoms with Gasteiger partial charge in [-0.1, -0.05) is 97.4 Å². The summed E-state index contributed by atoms with van der Waals surface area (Å²) in [5.74, 6) is 0.443. The van der Waals surface area contributed by atoms with E-state index in [1.165, 1.54) is 16.7 Å². The lowest BCUT2D eigenvalue weighted by atomic mass is 9.70. The molecule has 1 heterocycles. The molecule has 2 heteroatoms. The van der Waals surface area contributed by atoms with E-state index in [4.69, 9.17) is 0 Å². The Labute approximate surface area is 179 Å². The minimum Gasteiger partial charge on any atom is -0.299 e. The van der Waals surface area contributed by atoms with E-state index in [0.717, 1.165) is 32.2 Å². The number of benzene rings is 3. The molecule has 0 aromatic heterocycles.